The van der Waals surface area contributed by atoms with E-state index in [1.54, 1.807) is 7.11 Å². The van der Waals surface area contributed by atoms with Gasteiger partial charge in [-0.3, -0.25) is 0 Å². The fourth-order valence-electron chi connectivity index (χ4n) is 3.63. The third kappa shape index (κ3) is 4.18. The monoisotopic (exact) mass is 367 g/mol. The number of benzene rings is 2. The van der Waals surface area contributed by atoms with Gasteiger partial charge in [-0.25, -0.2) is 4.79 Å². The van der Waals surface area contributed by atoms with Gasteiger partial charge in [-0.05, 0) is 36.1 Å². The number of rotatable bonds is 5. The van der Waals surface area contributed by atoms with Gasteiger partial charge in [-0.2, -0.15) is 0 Å². The van der Waals surface area contributed by atoms with Crippen molar-refractivity contribution in [2.75, 3.05) is 43.5 Å². The van der Waals surface area contributed by atoms with Crippen LogP contribution in [0.5, 0.6) is 5.75 Å². The molecule has 1 aliphatic rings. The molecule has 0 aromatic heterocycles. The van der Waals surface area contributed by atoms with Crippen LogP contribution >= 0.6 is 0 Å². The SMILES string of the molecule is CCc1cccc(CC)c1NC(=O)N1CCN(c2ccccc2OC)CC1. The number of aryl methyl sites for hydroxylation is 2. The van der Waals surface area contributed by atoms with Gasteiger partial charge in [0.1, 0.15) is 5.75 Å². The van der Waals surface area contributed by atoms with Crippen molar-refractivity contribution < 1.29 is 9.53 Å². The Bertz CT molecular complexity index is 761. The molecule has 0 atom stereocenters. The molecular weight excluding hydrogens is 338 g/mol. The van der Waals surface area contributed by atoms with Crippen LogP contribution in [-0.4, -0.2) is 44.2 Å². The quantitative estimate of drug-likeness (QED) is 0.862. The number of piperazine rings is 1. The summed E-state index contributed by atoms with van der Waals surface area (Å²) < 4.78 is 5.47. The summed E-state index contributed by atoms with van der Waals surface area (Å²) in [7, 11) is 1.69. The van der Waals surface area contributed by atoms with Crippen LogP contribution in [-0.2, 0) is 12.8 Å². The highest BCUT2D eigenvalue weighted by Crippen LogP contribution is 2.28. The predicted octanol–water partition coefficient (Wildman–Crippen LogP) is 4.17. The van der Waals surface area contributed by atoms with E-state index >= 15 is 0 Å². The first-order valence-corrected chi connectivity index (χ1v) is 9.72. The molecule has 2 amide bonds. The largest absolute Gasteiger partial charge is 0.495 e. The standard InChI is InChI=1S/C22H29N3O2/c1-4-17-9-8-10-18(5-2)21(17)23-22(26)25-15-13-24(14-16-25)19-11-6-7-12-20(19)27-3/h6-12H,4-5,13-16H2,1-3H3,(H,23,26). The highest BCUT2D eigenvalue weighted by Gasteiger charge is 2.23. The normalized spacial score (nSPS) is 14.2. The molecule has 3 rings (SSSR count). The average molecular weight is 367 g/mol. The smallest absolute Gasteiger partial charge is 0.321 e. The second-order valence-corrected chi connectivity index (χ2v) is 6.73. The fraction of sp³-hybridized carbons (Fsp3) is 0.409. The lowest BCUT2D eigenvalue weighted by Gasteiger charge is -2.36. The minimum atomic E-state index is -0.00900. The van der Waals surface area contributed by atoms with Gasteiger partial charge in [0.25, 0.3) is 0 Å². The summed E-state index contributed by atoms with van der Waals surface area (Å²) in [6, 6.07) is 14.3. The Labute approximate surface area is 161 Å². The Morgan fingerprint density at radius 3 is 2.19 bits per heavy atom. The van der Waals surface area contributed by atoms with E-state index in [1.165, 1.54) is 11.1 Å². The maximum absolute atomic E-state index is 12.8. The van der Waals surface area contributed by atoms with Crippen molar-refractivity contribution in [2.45, 2.75) is 26.7 Å². The molecule has 2 aromatic carbocycles. The van der Waals surface area contributed by atoms with Gasteiger partial charge in [0.2, 0.25) is 0 Å². The molecule has 0 spiro atoms. The van der Waals surface area contributed by atoms with E-state index in [0.717, 1.165) is 43.1 Å². The number of methoxy groups -OCH3 is 1. The molecule has 27 heavy (non-hydrogen) atoms. The van der Waals surface area contributed by atoms with Crippen LogP contribution in [0.1, 0.15) is 25.0 Å². The summed E-state index contributed by atoms with van der Waals surface area (Å²) in [6.45, 7) is 7.22. The van der Waals surface area contributed by atoms with Crippen molar-refractivity contribution in [1.29, 1.82) is 0 Å². The zero-order valence-corrected chi connectivity index (χ0v) is 16.5. The molecule has 5 heteroatoms. The third-order valence-corrected chi connectivity index (χ3v) is 5.22. The second-order valence-electron chi connectivity index (χ2n) is 6.73. The van der Waals surface area contributed by atoms with Crippen LogP contribution in [0.25, 0.3) is 0 Å². The molecule has 1 heterocycles. The highest BCUT2D eigenvalue weighted by molar-refractivity contribution is 5.91. The van der Waals surface area contributed by atoms with E-state index in [1.807, 2.05) is 23.1 Å². The number of hydrogen-bond donors (Lipinski definition) is 1. The molecule has 5 nitrogen and oxygen atoms in total. The first kappa shape index (κ1) is 19.1. The number of carbonyl (C=O) groups is 1. The van der Waals surface area contributed by atoms with Crippen LogP contribution in [0.3, 0.4) is 0 Å². The Morgan fingerprint density at radius 2 is 1.59 bits per heavy atom. The third-order valence-electron chi connectivity index (χ3n) is 5.22. The lowest BCUT2D eigenvalue weighted by molar-refractivity contribution is 0.208. The Morgan fingerprint density at radius 1 is 0.963 bits per heavy atom. The lowest BCUT2D eigenvalue weighted by atomic mass is 10.0. The number of hydrogen-bond acceptors (Lipinski definition) is 3. The minimum Gasteiger partial charge on any atom is -0.495 e. The molecule has 0 radical (unpaired) electrons. The van der Waals surface area contributed by atoms with E-state index in [4.69, 9.17) is 4.74 Å². The summed E-state index contributed by atoms with van der Waals surface area (Å²) in [5.41, 5.74) is 4.45. The van der Waals surface area contributed by atoms with Crippen molar-refractivity contribution in [2.24, 2.45) is 0 Å². The molecular formula is C22H29N3O2. The summed E-state index contributed by atoms with van der Waals surface area (Å²) in [6.07, 6.45) is 1.82. The predicted molar refractivity (Wildman–Crippen MR) is 111 cm³/mol. The summed E-state index contributed by atoms with van der Waals surface area (Å²) in [5, 5.41) is 3.17. The minimum absolute atomic E-state index is 0.00900. The number of nitrogens with one attached hydrogen (secondary N) is 1. The molecule has 1 aliphatic heterocycles. The summed E-state index contributed by atoms with van der Waals surface area (Å²) in [5.74, 6) is 0.875. The summed E-state index contributed by atoms with van der Waals surface area (Å²) in [4.78, 5) is 17.0. The lowest BCUT2D eigenvalue weighted by Crippen LogP contribution is -2.50. The van der Waals surface area contributed by atoms with Crippen LogP contribution in [0.15, 0.2) is 42.5 Å². The van der Waals surface area contributed by atoms with Gasteiger partial charge in [-0.1, -0.05) is 44.2 Å². The number of amides is 2. The number of para-hydroxylation sites is 3. The molecule has 1 N–H and O–H groups in total. The molecule has 1 fully saturated rings. The van der Waals surface area contributed by atoms with Crippen molar-refractivity contribution >= 4 is 17.4 Å². The number of carbonyl (C=O) groups excluding carboxylic acids is 1. The molecule has 0 bridgehead atoms. The molecule has 1 saturated heterocycles. The maximum Gasteiger partial charge on any atom is 0.321 e. The molecule has 144 valence electrons. The Kier molecular flexibility index (Phi) is 6.22. The molecule has 0 saturated carbocycles. The van der Waals surface area contributed by atoms with Gasteiger partial charge in [0.05, 0.1) is 12.8 Å². The maximum atomic E-state index is 12.8. The number of urea groups is 1. The first-order valence-electron chi connectivity index (χ1n) is 9.72. The van der Waals surface area contributed by atoms with Gasteiger partial charge >= 0.3 is 6.03 Å². The zero-order chi connectivity index (χ0) is 19.2. The Hall–Kier alpha value is -2.69. The van der Waals surface area contributed by atoms with E-state index in [-0.39, 0.29) is 6.03 Å². The van der Waals surface area contributed by atoms with Crippen molar-refractivity contribution in [1.82, 2.24) is 4.90 Å². The van der Waals surface area contributed by atoms with Crippen molar-refractivity contribution in [3.05, 3.63) is 53.6 Å². The topological polar surface area (TPSA) is 44.8 Å². The van der Waals surface area contributed by atoms with Crippen LogP contribution in [0.4, 0.5) is 16.2 Å². The van der Waals surface area contributed by atoms with E-state index in [9.17, 15) is 4.79 Å². The van der Waals surface area contributed by atoms with Gasteiger partial charge < -0.3 is 19.9 Å². The van der Waals surface area contributed by atoms with Crippen molar-refractivity contribution in [3.63, 3.8) is 0 Å². The van der Waals surface area contributed by atoms with Gasteiger partial charge in [0, 0.05) is 31.9 Å². The first-order chi connectivity index (χ1) is 13.2. The second kappa shape index (κ2) is 8.80. The molecule has 0 aliphatic carbocycles. The molecule has 0 unspecified atom stereocenters. The van der Waals surface area contributed by atoms with E-state index < -0.39 is 0 Å². The van der Waals surface area contributed by atoms with E-state index in [2.05, 4.69) is 48.3 Å². The number of anilines is 2. The van der Waals surface area contributed by atoms with E-state index in [0.29, 0.717) is 13.1 Å². The number of nitrogens with zero attached hydrogens (tertiary/aromatic N) is 2. The van der Waals surface area contributed by atoms with Gasteiger partial charge in [0.15, 0.2) is 0 Å². The molecule has 2 aromatic rings. The van der Waals surface area contributed by atoms with Crippen molar-refractivity contribution in [3.8, 4) is 5.75 Å². The average Bonchev–Trinajstić information content (AvgIpc) is 2.73. The van der Waals surface area contributed by atoms with Crippen LogP contribution in [0, 0.1) is 0 Å². The Balaban J connectivity index is 1.66. The number of ether oxygens (including phenoxy) is 1. The fourth-order valence-corrected chi connectivity index (χ4v) is 3.63. The van der Waals surface area contributed by atoms with Crippen LogP contribution < -0.4 is 15.0 Å². The van der Waals surface area contributed by atoms with Gasteiger partial charge in [-0.15, -0.1) is 0 Å². The highest BCUT2D eigenvalue weighted by atomic mass is 16.5. The van der Waals surface area contributed by atoms with Crippen LogP contribution in [0.2, 0.25) is 0 Å². The summed E-state index contributed by atoms with van der Waals surface area (Å²) >= 11 is 0. The zero-order valence-electron chi connectivity index (χ0n) is 16.5.